The summed E-state index contributed by atoms with van der Waals surface area (Å²) in [7, 11) is 1.92. The Bertz CT molecular complexity index is 583. The van der Waals surface area contributed by atoms with Crippen LogP contribution in [0.4, 0.5) is 10.1 Å². The van der Waals surface area contributed by atoms with Gasteiger partial charge in [-0.15, -0.1) is 0 Å². The highest BCUT2D eigenvalue weighted by atomic mass is 19.1. The summed E-state index contributed by atoms with van der Waals surface area (Å²) < 4.78 is 15.5. The van der Waals surface area contributed by atoms with Gasteiger partial charge in [-0.05, 0) is 18.2 Å². The molecule has 1 heterocycles. The number of benzene rings is 1. The lowest BCUT2D eigenvalue weighted by Gasteiger charge is -2.07. The van der Waals surface area contributed by atoms with E-state index in [4.69, 9.17) is 5.26 Å². The van der Waals surface area contributed by atoms with Crippen molar-refractivity contribution in [3.8, 4) is 6.07 Å². The summed E-state index contributed by atoms with van der Waals surface area (Å²) in [5, 5.41) is 11.6. The van der Waals surface area contributed by atoms with Crippen molar-refractivity contribution in [2.75, 3.05) is 11.9 Å². The fraction of sp³-hybridized carbons (Fsp3) is 0.231. The van der Waals surface area contributed by atoms with E-state index in [9.17, 15) is 4.39 Å². The van der Waals surface area contributed by atoms with E-state index in [2.05, 4.69) is 10.3 Å². The van der Waals surface area contributed by atoms with E-state index < -0.39 is 5.82 Å². The van der Waals surface area contributed by atoms with E-state index in [0.717, 1.165) is 5.82 Å². The number of nitrogens with zero attached hydrogens (tertiary/aromatic N) is 3. The van der Waals surface area contributed by atoms with Crippen molar-refractivity contribution in [2.45, 2.75) is 6.42 Å². The van der Waals surface area contributed by atoms with Crippen LogP contribution in [-0.2, 0) is 13.5 Å². The topological polar surface area (TPSA) is 53.6 Å². The van der Waals surface area contributed by atoms with Gasteiger partial charge < -0.3 is 9.88 Å². The van der Waals surface area contributed by atoms with E-state index in [1.54, 1.807) is 18.3 Å². The summed E-state index contributed by atoms with van der Waals surface area (Å²) in [5.41, 5.74) is 0.727. The number of aryl methyl sites for hydroxylation is 1. The molecule has 4 nitrogen and oxygen atoms in total. The maximum atomic E-state index is 13.5. The minimum Gasteiger partial charge on any atom is -0.382 e. The van der Waals surface area contributed by atoms with Crippen molar-refractivity contribution in [1.29, 1.82) is 5.26 Å². The molecule has 0 bridgehead atoms. The molecule has 0 amide bonds. The second-order valence-corrected chi connectivity index (χ2v) is 3.94. The first kappa shape index (κ1) is 12.1. The molecule has 92 valence electrons. The van der Waals surface area contributed by atoms with Crippen LogP contribution in [-0.4, -0.2) is 16.1 Å². The fourth-order valence-corrected chi connectivity index (χ4v) is 1.67. The van der Waals surface area contributed by atoms with Gasteiger partial charge in [0.25, 0.3) is 0 Å². The van der Waals surface area contributed by atoms with Crippen LogP contribution in [0.1, 0.15) is 11.4 Å². The monoisotopic (exact) mass is 244 g/mol. The van der Waals surface area contributed by atoms with Gasteiger partial charge in [-0.25, -0.2) is 9.37 Å². The van der Waals surface area contributed by atoms with E-state index in [1.807, 2.05) is 23.9 Å². The Morgan fingerprint density at radius 3 is 2.94 bits per heavy atom. The molecule has 0 unspecified atom stereocenters. The molecule has 0 fully saturated rings. The lowest BCUT2D eigenvalue weighted by Crippen LogP contribution is -2.09. The first-order chi connectivity index (χ1) is 8.70. The molecule has 1 aromatic carbocycles. The zero-order chi connectivity index (χ0) is 13.0. The zero-order valence-corrected chi connectivity index (χ0v) is 10.0. The molecule has 2 rings (SSSR count). The molecule has 0 aliphatic rings. The molecule has 5 heteroatoms. The molecule has 0 spiro atoms. The van der Waals surface area contributed by atoms with Crippen LogP contribution in [0.25, 0.3) is 0 Å². The van der Waals surface area contributed by atoms with Crippen molar-refractivity contribution in [3.63, 3.8) is 0 Å². The third-order valence-electron chi connectivity index (χ3n) is 2.68. The molecule has 0 aliphatic heterocycles. The smallest absolute Gasteiger partial charge is 0.147 e. The average Bonchev–Trinajstić information content (AvgIpc) is 2.77. The molecular formula is C13H13FN4. The van der Waals surface area contributed by atoms with Crippen LogP contribution < -0.4 is 5.32 Å². The number of imidazole rings is 1. The zero-order valence-electron chi connectivity index (χ0n) is 10.0. The number of nitriles is 1. The minimum atomic E-state index is -0.408. The van der Waals surface area contributed by atoms with Gasteiger partial charge in [0.05, 0.1) is 17.3 Å². The van der Waals surface area contributed by atoms with Crippen molar-refractivity contribution < 1.29 is 4.39 Å². The third-order valence-corrected chi connectivity index (χ3v) is 2.68. The van der Waals surface area contributed by atoms with Crippen molar-refractivity contribution >= 4 is 5.69 Å². The third kappa shape index (κ3) is 2.66. The minimum absolute atomic E-state index is 0.321. The number of halogens is 1. The van der Waals surface area contributed by atoms with Gasteiger partial charge in [0.15, 0.2) is 0 Å². The van der Waals surface area contributed by atoms with E-state index in [0.29, 0.717) is 24.2 Å². The van der Waals surface area contributed by atoms with E-state index in [1.165, 1.54) is 6.07 Å². The van der Waals surface area contributed by atoms with E-state index in [-0.39, 0.29) is 0 Å². The molecule has 18 heavy (non-hydrogen) atoms. The number of anilines is 1. The van der Waals surface area contributed by atoms with Gasteiger partial charge in [-0.3, -0.25) is 0 Å². The van der Waals surface area contributed by atoms with Gasteiger partial charge in [-0.1, -0.05) is 0 Å². The lowest BCUT2D eigenvalue weighted by molar-refractivity contribution is 0.629. The number of rotatable bonds is 4. The highest BCUT2D eigenvalue weighted by molar-refractivity contribution is 5.48. The standard InChI is InChI=1S/C13H13FN4/c1-18-7-6-17-13(18)4-5-16-12-3-2-10(9-15)8-11(12)14/h2-3,6-8,16H,4-5H2,1H3. The summed E-state index contributed by atoms with van der Waals surface area (Å²) in [5.74, 6) is 0.533. The van der Waals surface area contributed by atoms with Gasteiger partial charge in [-0.2, -0.15) is 5.26 Å². The Hall–Kier alpha value is -2.35. The van der Waals surface area contributed by atoms with Crippen LogP contribution in [0.15, 0.2) is 30.6 Å². The molecule has 0 aliphatic carbocycles. The molecule has 2 aromatic rings. The molecule has 0 saturated heterocycles. The molecular weight excluding hydrogens is 231 g/mol. The average molecular weight is 244 g/mol. The Balaban J connectivity index is 1.95. The summed E-state index contributed by atoms with van der Waals surface area (Å²) in [6, 6.07) is 6.29. The maximum absolute atomic E-state index is 13.5. The van der Waals surface area contributed by atoms with Crippen LogP contribution in [0.5, 0.6) is 0 Å². The SMILES string of the molecule is Cn1ccnc1CCNc1ccc(C#N)cc1F. The molecule has 1 aromatic heterocycles. The number of hydrogen-bond donors (Lipinski definition) is 1. The van der Waals surface area contributed by atoms with Crippen molar-refractivity contribution in [3.05, 3.63) is 47.8 Å². The lowest BCUT2D eigenvalue weighted by atomic mass is 10.2. The Morgan fingerprint density at radius 1 is 1.50 bits per heavy atom. The summed E-state index contributed by atoms with van der Waals surface area (Å²) in [4.78, 5) is 4.18. The van der Waals surface area contributed by atoms with Gasteiger partial charge >= 0.3 is 0 Å². The van der Waals surface area contributed by atoms with Crippen LogP contribution in [0.3, 0.4) is 0 Å². The second-order valence-electron chi connectivity index (χ2n) is 3.94. The summed E-state index contributed by atoms with van der Waals surface area (Å²) in [6.45, 7) is 0.591. The number of aromatic nitrogens is 2. The van der Waals surface area contributed by atoms with Gasteiger partial charge in [0.2, 0.25) is 0 Å². The highest BCUT2D eigenvalue weighted by Gasteiger charge is 2.04. The summed E-state index contributed by atoms with van der Waals surface area (Å²) >= 11 is 0. The second kappa shape index (κ2) is 5.32. The normalized spacial score (nSPS) is 10.1. The first-order valence-corrected chi connectivity index (χ1v) is 5.60. The molecule has 0 saturated carbocycles. The Morgan fingerprint density at radius 2 is 2.33 bits per heavy atom. The highest BCUT2D eigenvalue weighted by Crippen LogP contribution is 2.15. The van der Waals surface area contributed by atoms with Crippen LogP contribution in [0.2, 0.25) is 0 Å². The van der Waals surface area contributed by atoms with Crippen molar-refractivity contribution in [2.24, 2.45) is 7.05 Å². The molecule has 0 radical (unpaired) electrons. The van der Waals surface area contributed by atoms with Crippen LogP contribution >= 0.6 is 0 Å². The van der Waals surface area contributed by atoms with Gasteiger partial charge in [0.1, 0.15) is 11.6 Å². The number of hydrogen-bond acceptors (Lipinski definition) is 3. The molecule has 1 N–H and O–H groups in total. The number of nitrogens with one attached hydrogen (secondary N) is 1. The van der Waals surface area contributed by atoms with Crippen molar-refractivity contribution in [1.82, 2.24) is 9.55 Å². The fourth-order valence-electron chi connectivity index (χ4n) is 1.67. The summed E-state index contributed by atoms with van der Waals surface area (Å²) in [6.07, 6.45) is 4.32. The molecule has 0 atom stereocenters. The van der Waals surface area contributed by atoms with E-state index >= 15 is 0 Å². The first-order valence-electron chi connectivity index (χ1n) is 5.60. The quantitative estimate of drug-likeness (QED) is 0.896. The predicted octanol–water partition coefficient (Wildman–Crippen LogP) is 2.09. The predicted molar refractivity (Wildman–Crippen MR) is 66.5 cm³/mol. The Labute approximate surface area is 105 Å². The maximum Gasteiger partial charge on any atom is 0.147 e. The van der Waals surface area contributed by atoms with Crippen LogP contribution in [0, 0.1) is 17.1 Å². The van der Waals surface area contributed by atoms with Gasteiger partial charge in [0, 0.05) is 32.4 Å². The Kier molecular flexibility index (Phi) is 3.58. The largest absolute Gasteiger partial charge is 0.382 e.